The molecule has 0 amide bonds. The van der Waals surface area contributed by atoms with E-state index >= 15 is 0 Å². The van der Waals surface area contributed by atoms with E-state index in [-0.39, 0.29) is 0 Å². The number of ether oxygens (including phenoxy) is 1. The zero-order valence-electron chi connectivity index (χ0n) is 7.64. The third kappa shape index (κ3) is 2.91. The summed E-state index contributed by atoms with van der Waals surface area (Å²) < 4.78 is 4.43. The van der Waals surface area contributed by atoms with Crippen molar-refractivity contribution in [3.05, 3.63) is 35.9 Å². The Morgan fingerprint density at radius 1 is 1.36 bits per heavy atom. The number of rotatable bonds is 3. The fourth-order valence-electron chi connectivity index (χ4n) is 0.872. The molecule has 0 saturated heterocycles. The number of esters is 1. The van der Waals surface area contributed by atoms with Gasteiger partial charge in [-0.3, -0.25) is 0 Å². The van der Waals surface area contributed by atoms with Crippen LogP contribution in [0.2, 0.25) is 0 Å². The predicted octanol–water partition coefficient (Wildman–Crippen LogP) is 1.72. The van der Waals surface area contributed by atoms with Crippen LogP contribution in [0.3, 0.4) is 0 Å². The average molecular weight is 194 g/mol. The van der Waals surface area contributed by atoms with Gasteiger partial charge in [-0.15, -0.1) is 0 Å². The highest BCUT2D eigenvalue weighted by atomic mass is 17.1. The van der Waals surface area contributed by atoms with Crippen molar-refractivity contribution in [3.8, 4) is 5.75 Å². The Hall–Kier alpha value is -1.81. The van der Waals surface area contributed by atoms with Crippen molar-refractivity contribution in [1.82, 2.24) is 0 Å². The van der Waals surface area contributed by atoms with Crippen molar-refractivity contribution in [2.24, 2.45) is 0 Å². The molecule has 0 spiro atoms. The fourth-order valence-corrected chi connectivity index (χ4v) is 0.872. The van der Waals surface area contributed by atoms with E-state index in [0.29, 0.717) is 5.75 Å². The number of carbonyl (C=O) groups excluding carboxylic acids is 1. The van der Waals surface area contributed by atoms with Gasteiger partial charge in [0.25, 0.3) is 0 Å². The minimum atomic E-state index is -0.410. The summed E-state index contributed by atoms with van der Waals surface area (Å²) in [5, 5.41) is 8.29. The first kappa shape index (κ1) is 10.3. The monoisotopic (exact) mass is 194 g/mol. The van der Waals surface area contributed by atoms with Crippen LogP contribution in [0, 0.1) is 0 Å². The van der Waals surface area contributed by atoms with Crippen LogP contribution in [0.25, 0.3) is 6.08 Å². The maximum Gasteiger partial charge on any atom is 0.330 e. The van der Waals surface area contributed by atoms with Gasteiger partial charge < -0.3 is 9.62 Å². The first-order chi connectivity index (χ1) is 6.76. The molecule has 1 aromatic rings. The van der Waals surface area contributed by atoms with Crippen molar-refractivity contribution in [3.63, 3.8) is 0 Å². The Morgan fingerprint density at radius 2 is 2.00 bits per heavy atom. The Bertz CT molecular complexity index is 326. The second-order valence-corrected chi connectivity index (χ2v) is 2.52. The molecule has 1 N–H and O–H groups in total. The van der Waals surface area contributed by atoms with Gasteiger partial charge in [-0.25, -0.2) is 10.1 Å². The summed E-state index contributed by atoms with van der Waals surface area (Å²) in [6.07, 6.45) is 2.92. The third-order valence-corrected chi connectivity index (χ3v) is 1.60. The Kier molecular flexibility index (Phi) is 3.69. The molecule has 1 aromatic carbocycles. The second-order valence-electron chi connectivity index (χ2n) is 2.52. The summed E-state index contributed by atoms with van der Waals surface area (Å²) in [7, 11) is 1.31. The summed E-state index contributed by atoms with van der Waals surface area (Å²) >= 11 is 0. The molecule has 0 aromatic heterocycles. The van der Waals surface area contributed by atoms with Gasteiger partial charge in [0.1, 0.15) is 0 Å². The predicted molar refractivity (Wildman–Crippen MR) is 50.7 cm³/mol. The summed E-state index contributed by atoms with van der Waals surface area (Å²) in [5.41, 5.74) is 0.816. The standard InChI is InChI=1S/C10H10O4/c1-13-10(11)7-4-8-2-5-9(14-12)6-3-8/h2-7,12H,1H3/b7-4+. The highest BCUT2D eigenvalue weighted by Crippen LogP contribution is 2.11. The molecule has 4 nitrogen and oxygen atoms in total. The SMILES string of the molecule is COC(=O)/C=C/c1ccc(OO)cc1. The van der Waals surface area contributed by atoms with Crippen molar-refractivity contribution in [2.75, 3.05) is 7.11 Å². The van der Waals surface area contributed by atoms with Gasteiger partial charge >= 0.3 is 5.97 Å². The van der Waals surface area contributed by atoms with E-state index in [1.807, 2.05) is 0 Å². The zero-order chi connectivity index (χ0) is 10.4. The molecular formula is C10H10O4. The molecule has 14 heavy (non-hydrogen) atoms. The average Bonchev–Trinajstić information content (AvgIpc) is 2.26. The summed E-state index contributed by atoms with van der Waals surface area (Å²) in [4.78, 5) is 14.7. The minimum Gasteiger partial charge on any atom is -0.466 e. The zero-order valence-corrected chi connectivity index (χ0v) is 7.64. The molecule has 0 radical (unpaired) electrons. The van der Waals surface area contributed by atoms with Crippen LogP contribution in [-0.4, -0.2) is 18.3 Å². The quantitative estimate of drug-likeness (QED) is 0.344. The lowest BCUT2D eigenvalue weighted by Gasteiger charge is -1.96. The Morgan fingerprint density at radius 3 is 2.50 bits per heavy atom. The van der Waals surface area contributed by atoms with Crippen LogP contribution in [0.4, 0.5) is 0 Å². The van der Waals surface area contributed by atoms with Crippen molar-refractivity contribution >= 4 is 12.0 Å². The normalized spacial score (nSPS) is 10.1. The van der Waals surface area contributed by atoms with Gasteiger partial charge in [0.05, 0.1) is 7.11 Å². The molecule has 0 aliphatic carbocycles. The number of hydrogen-bond acceptors (Lipinski definition) is 4. The molecule has 0 bridgehead atoms. The first-order valence-electron chi connectivity index (χ1n) is 3.94. The number of hydrogen-bond donors (Lipinski definition) is 1. The van der Waals surface area contributed by atoms with E-state index < -0.39 is 5.97 Å². The molecule has 0 aliphatic rings. The van der Waals surface area contributed by atoms with Crippen LogP contribution in [0.5, 0.6) is 5.75 Å². The minimum absolute atomic E-state index is 0.347. The summed E-state index contributed by atoms with van der Waals surface area (Å²) in [6, 6.07) is 6.56. The molecular weight excluding hydrogens is 184 g/mol. The molecule has 74 valence electrons. The van der Waals surface area contributed by atoms with Crippen molar-refractivity contribution in [2.45, 2.75) is 0 Å². The second kappa shape index (κ2) is 5.04. The van der Waals surface area contributed by atoms with E-state index in [1.165, 1.54) is 13.2 Å². The van der Waals surface area contributed by atoms with E-state index in [0.717, 1.165) is 5.56 Å². The van der Waals surface area contributed by atoms with E-state index in [4.69, 9.17) is 5.26 Å². The van der Waals surface area contributed by atoms with Crippen LogP contribution in [0.1, 0.15) is 5.56 Å². The molecule has 0 saturated carbocycles. The van der Waals surface area contributed by atoms with Gasteiger partial charge in [0.2, 0.25) is 0 Å². The smallest absolute Gasteiger partial charge is 0.330 e. The lowest BCUT2D eigenvalue weighted by Crippen LogP contribution is -1.93. The van der Waals surface area contributed by atoms with Crippen LogP contribution in [-0.2, 0) is 9.53 Å². The van der Waals surface area contributed by atoms with Gasteiger partial charge in [0.15, 0.2) is 5.75 Å². The molecule has 4 heteroatoms. The first-order valence-corrected chi connectivity index (χ1v) is 3.94. The van der Waals surface area contributed by atoms with Gasteiger partial charge in [-0.1, -0.05) is 12.1 Å². The lowest BCUT2D eigenvalue weighted by molar-refractivity contribution is -0.137. The van der Waals surface area contributed by atoms with Gasteiger partial charge in [-0.05, 0) is 23.8 Å². The molecule has 0 fully saturated rings. The maximum absolute atomic E-state index is 10.7. The van der Waals surface area contributed by atoms with E-state index in [2.05, 4.69) is 9.62 Å². The van der Waals surface area contributed by atoms with Crippen LogP contribution in [0.15, 0.2) is 30.3 Å². The van der Waals surface area contributed by atoms with Crippen LogP contribution < -0.4 is 4.89 Å². The van der Waals surface area contributed by atoms with Gasteiger partial charge in [0, 0.05) is 6.08 Å². The Balaban J connectivity index is 2.68. The Labute approximate surface area is 81.3 Å². The molecule has 0 aliphatic heterocycles. The van der Waals surface area contributed by atoms with Crippen molar-refractivity contribution < 1.29 is 19.7 Å². The molecule has 0 atom stereocenters. The molecule has 0 unspecified atom stereocenters. The van der Waals surface area contributed by atoms with E-state index in [1.54, 1.807) is 30.3 Å². The number of benzene rings is 1. The highest BCUT2D eigenvalue weighted by Gasteiger charge is 1.93. The number of methoxy groups -OCH3 is 1. The summed E-state index contributed by atoms with van der Waals surface area (Å²) in [6.45, 7) is 0. The topological polar surface area (TPSA) is 55.8 Å². The third-order valence-electron chi connectivity index (χ3n) is 1.60. The van der Waals surface area contributed by atoms with Crippen LogP contribution >= 0.6 is 0 Å². The number of carbonyl (C=O) groups is 1. The van der Waals surface area contributed by atoms with E-state index in [9.17, 15) is 4.79 Å². The fraction of sp³-hybridized carbons (Fsp3) is 0.100. The van der Waals surface area contributed by atoms with Gasteiger partial charge in [-0.2, -0.15) is 0 Å². The van der Waals surface area contributed by atoms with Crippen molar-refractivity contribution in [1.29, 1.82) is 0 Å². The largest absolute Gasteiger partial charge is 0.466 e. The molecule has 0 heterocycles. The summed E-state index contributed by atoms with van der Waals surface area (Å²) in [5.74, 6) is -0.0623. The lowest BCUT2D eigenvalue weighted by atomic mass is 10.2. The highest BCUT2D eigenvalue weighted by molar-refractivity contribution is 5.86. The molecule has 1 rings (SSSR count). The maximum atomic E-state index is 10.7.